The lowest BCUT2D eigenvalue weighted by Gasteiger charge is -2.07. The van der Waals surface area contributed by atoms with Gasteiger partial charge in [0.2, 0.25) is 5.91 Å². The summed E-state index contributed by atoms with van der Waals surface area (Å²) in [5.74, 6) is 1.24. The number of nitrogens with zero attached hydrogens (tertiary/aromatic N) is 1. The smallest absolute Gasteiger partial charge is 0.224 e. The van der Waals surface area contributed by atoms with Crippen LogP contribution in [0, 0.1) is 6.92 Å². The highest BCUT2D eigenvalue weighted by Crippen LogP contribution is 2.21. The number of aromatic nitrogens is 1. The number of aryl methyl sites for hydroxylation is 2. The molecule has 0 unspecified atom stereocenters. The van der Waals surface area contributed by atoms with Crippen LogP contribution in [0.5, 0.6) is 0 Å². The van der Waals surface area contributed by atoms with Crippen molar-refractivity contribution in [3.05, 3.63) is 71.7 Å². The van der Waals surface area contributed by atoms with Gasteiger partial charge in [-0.2, -0.15) is 0 Å². The van der Waals surface area contributed by atoms with Crippen LogP contribution in [0.3, 0.4) is 0 Å². The average molecular weight is 363 g/mol. The zero-order valence-electron chi connectivity index (χ0n) is 15.8. The van der Waals surface area contributed by atoms with Crippen molar-refractivity contribution >= 4 is 11.6 Å². The van der Waals surface area contributed by atoms with E-state index < -0.39 is 0 Å². The topological polar surface area (TPSA) is 67.2 Å². The Morgan fingerprint density at radius 1 is 1.15 bits per heavy atom. The van der Waals surface area contributed by atoms with Gasteiger partial charge < -0.3 is 15.1 Å². The van der Waals surface area contributed by atoms with Crippen LogP contribution in [0.1, 0.15) is 30.4 Å². The number of rotatable bonds is 8. The predicted octanol–water partition coefficient (Wildman–Crippen LogP) is 4.33. The molecule has 140 valence electrons. The number of amides is 1. The van der Waals surface area contributed by atoms with Gasteiger partial charge in [0.25, 0.3) is 0 Å². The molecule has 0 atom stereocenters. The van der Waals surface area contributed by atoms with Gasteiger partial charge >= 0.3 is 0 Å². The second kappa shape index (κ2) is 9.14. The molecule has 3 aromatic rings. The molecule has 0 saturated heterocycles. The van der Waals surface area contributed by atoms with Crippen molar-refractivity contribution in [1.29, 1.82) is 0 Å². The Balaban J connectivity index is 1.53. The molecule has 5 heteroatoms. The lowest BCUT2D eigenvalue weighted by atomic mass is 10.1. The molecule has 0 spiro atoms. The first-order chi connectivity index (χ1) is 13.1. The van der Waals surface area contributed by atoms with Crippen molar-refractivity contribution in [3.8, 4) is 11.3 Å². The van der Waals surface area contributed by atoms with Gasteiger partial charge in [0.05, 0.1) is 6.20 Å². The van der Waals surface area contributed by atoms with Crippen molar-refractivity contribution in [1.82, 2.24) is 10.3 Å². The molecule has 27 heavy (non-hydrogen) atoms. The summed E-state index contributed by atoms with van der Waals surface area (Å²) >= 11 is 0. The Labute approximate surface area is 159 Å². The second-order valence-electron chi connectivity index (χ2n) is 6.51. The Kier molecular flexibility index (Phi) is 6.39. The minimum atomic E-state index is -0.0503. The summed E-state index contributed by atoms with van der Waals surface area (Å²) in [7, 11) is 0. The minimum Gasteiger partial charge on any atom is -0.441 e. The molecule has 3 rings (SSSR count). The van der Waals surface area contributed by atoms with E-state index in [0.717, 1.165) is 35.7 Å². The first kappa shape index (κ1) is 18.9. The standard InChI is InChI=1S/C22H25N3O2/c1-3-23-14-17-5-4-6-19(13-17)25-21(26)11-12-22-24-15-20(27-22)18-9-7-16(2)8-10-18/h4-10,13,15,23H,3,11-12,14H2,1-2H3,(H,25,26). The molecule has 0 aliphatic heterocycles. The van der Waals surface area contributed by atoms with Gasteiger partial charge in [-0.3, -0.25) is 4.79 Å². The Morgan fingerprint density at radius 2 is 1.96 bits per heavy atom. The maximum Gasteiger partial charge on any atom is 0.224 e. The quantitative estimate of drug-likeness (QED) is 0.625. The molecule has 0 aliphatic rings. The molecular formula is C22H25N3O2. The normalized spacial score (nSPS) is 10.7. The summed E-state index contributed by atoms with van der Waals surface area (Å²) < 4.78 is 5.77. The molecule has 0 saturated carbocycles. The molecule has 2 N–H and O–H groups in total. The van der Waals surface area contributed by atoms with E-state index in [2.05, 4.69) is 22.5 Å². The largest absolute Gasteiger partial charge is 0.441 e. The van der Waals surface area contributed by atoms with Gasteiger partial charge in [0.15, 0.2) is 11.7 Å². The fourth-order valence-corrected chi connectivity index (χ4v) is 2.75. The molecule has 5 nitrogen and oxygen atoms in total. The van der Waals surface area contributed by atoms with Gasteiger partial charge in [-0.1, -0.05) is 48.9 Å². The Morgan fingerprint density at radius 3 is 2.74 bits per heavy atom. The van der Waals surface area contributed by atoms with E-state index in [0.29, 0.717) is 18.7 Å². The van der Waals surface area contributed by atoms with Crippen molar-refractivity contribution in [3.63, 3.8) is 0 Å². The van der Waals surface area contributed by atoms with Crippen molar-refractivity contribution in [2.45, 2.75) is 33.2 Å². The van der Waals surface area contributed by atoms with Crippen LogP contribution in [0.25, 0.3) is 11.3 Å². The van der Waals surface area contributed by atoms with E-state index >= 15 is 0 Å². The third-order valence-corrected chi connectivity index (χ3v) is 4.25. The minimum absolute atomic E-state index is 0.0503. The summed E-state index contributed by atoms with van der Waals surface area (Å²) in [5, 5.41) is 6.21. The summed E-state index contributed by atoms with van der Waals surface area (Å²) in [6.07, 6.45) is 2.50. The molecule has 0 aliphatic carbocycles. The van der Waals surface area contributed by atoms with Gasteiger partial charge in [-0.25, -0.2) is 4.98 Å². The molecule has 1 aromatic heterocycles. The molecule has 1 amide bonds. The van der Waals surface area contributed by atoms with E-state index in [1.165, 1.54) is 5.56 Å². The van der Waals surface area contributed by atoms with E-state index in [1.54, 1.807) is 6.20 Å². The molecule has 0 bridgehead atoms. The summed E-state index contributed by atoms with van der Waals surface area (Å²) in [4.78, 5) is 16.5. The van der Waals surface area contributed by atoms with Crippen molar-refractivity contribution < 1.29 is 9.21 Å². The number of oxazole rings is 1. The fraction of sp³-hybridized carbons (Fsp3) is 0.273. The second-order valence-corrected chi connectivity index (χ2v) is 6.51. The van der Waals surface area contributed by atoms with E-state index in [-0.39, 0.29) is 5.91 Å². The number of hydrogen-bond acceptors (Lipinski definition) is 4. The highest BCUT2D eigenvalue weighted by molar-refractivity contribution is 5.90. The number of carbonyl (C=O) groups excluding carboxylic acids is 1. The molecular weight excluding hydrogens is 338 g/mol. The summed E-state index contributed by atoms with van der Waals surface area (Å²) in [6, 6.07) is 16.0. The zero-order chi connectivity index (χ0) is 19.1. The van der Waals surface area contributed by atoms with E-state index in [1.807, 2.05) is 55.5 Å². The molecule has 2 aromatic carbocycles. The average Bonchev–Trinajstić information content (AvgIpc) is 3.15. The van der Waals surface area contributed by atoms with Crippen LogP contribution in [0.2, 0.25) is 0 Å². The number of benzene rings is 2. The first-order valence-electron chi connectivity index (χ1n) is 9.25. The molecule has 0 radical (unpaired) electrons. The third kappa shape index (κ3) is 5.53. The van der Waals surface area contributed by atoms with Gasteiger partial charge in [0, 0.05) is 30.6 Å². The van der Waals surface area contributed by atoms with Crippen molar-refractivity contribution in [2.75, 3.05) is 11.9 Å². The van der Waals surface area contributed by atoms with E-state index in [9.17, 15) is 4.79 Å². The molecule has 0 fully saturated rings. The van der Waals surface area contributed by atoms with Gasteiger partial charge in [-0.05, 0) is 31.2 Å². The van der Waals surface area contributed by atoms with Gasteiger partial charge in [-0.15, -0.1) is 0 Å². The first-order valence-corrected chi connectivity index (χ1v) is 9.25. The van der Waals surface area contributed by atoms with Crippen molar-refractivity contribution in [2.24, 2.45) is 0 Å². The summed E-state index contributed by atoms with van der Waals surface area (Å²) in [5.41, 5.74) is 4.14. The number of hydrogen-bond donors (Lipinski definition) is 2. The Hall–Kier alpha value is -2.92. The SMILES string of the molecule is CCNCc1cccc(NC(=O)CCc2ncc(-c3ccc(C)cc3)o2)c1. The molecule has 1 heterocycles. The predicted molar refractivity (Wildman–Crippen MR) is 107 cm³/mol. The highest BCUT2D eigenvalue weighted by atomic mass is 16.4. The van der Waals surface area contributed by atoms with Crippen LogP contribution in [-0.2, 0) is 17.8 Å². The number of nitrogens with one attached hydrogen (secondary N) is 2. The lowest BCUT2D eigenvalue weighted by Crippen LogP contribution is -2.14. The van der Waals surface area contributed by atoms with Crippen LogP contribution < -0.4 is 10.6 Å². The maximum atomic E-state index is 12.2. The number of anilines is 1. The monoisotopic (exact) mass is 363 g/mol. The zero-order valence-corrected chi connectivity index (χ0v) is 15.8. The summed E-state index contributed by atoms with van der Waals surface area (Å²) in [6.45, 7) is 5.82. The Bertz CT molecular complexity index is 885. The van der Waals surface area contributed by atoms with Crippen LogP contribution in [0.15, 0.2) is 59.1 Å². The number of carbonyl (C=O) groups is 1. The fourth-order valence-electron chi connectivity index (χ4n) is 2.75. The van der Waals surface area contributed by atoms with Gasteiger partial charge in [0.1, 0.15) is 0 Å². The third-order valence-electron chi connectivity index (χ3n) is 4.25. The lowest BCUT2D eigenvalue weighted by molar-refractivity contribution is -0.116. The van der Waals surface area contributed by atoms with E-state index in [4.69, 9.17) is 4.42 Å². The van der Waals surface area contributed by atoms with Crippen LogP contribution in [-0.4, -0.2) is 17.4 Å². The highest BCUT2D eigenvalue weighted by Gasteiger charge is 2.09. The van der Waals surface area contributed by atoms with Crippen LogP contribution in [0.4, 0.5) is 5.69 Å². The van der Waals surface area contributed by atoms with Crippen LogP contribution >= 0.6 is 0 Å². The maximum absolute atomic E-state index is 12.2.